The quantitative estimate of drug-likeness (QED) is 0.598. The Morgan fingerprint density at radius 1 is 0.929 bits per heavy atom. The summed E-state index contributed by atoms with van der Waals surface area (Å²) < 4.78 is 13.6. The Hall–Kier alpha value is -3.33. The van der Waals surface area contributed by atoms with Crippen molar-refractivity contribution in [2.24, 2.45) is 7.05 Å². The minimum atomic E-state index is 0.833. The molecule has 0 N–H and O–H groups in total. The lowest BCUT2D eigenvalue weighted by Gasteiger charge is -2.22. The molecule has 0 unspecified atom stereocenters. The molecule has 0 bridgehead atoms. The molecule has 2 heterocycles. The molecule has 0 fully saturated rings. The van der Waals surface area contributed by atoms with Crippen LogP contribution in [0, 0.1) is 13.8 Å². The molecule has 1 aliphatic rings. The molecule has 140 valence electrons. The number of hydrogen-bond acceptors (Lipinski definition) is 2. The topological polar surface area (TPSA) is 22.3 Å². The van der Waals surface area contributed by atoms with Crippen LogP contribution in [0.2, 0.25) is 0 Å². The van der Waals surface area contributed by atoms with Gasteiger partial charge in [0.1, 0.15) is 24.3 Å². The third-order valence-corrected chi connectivity index (χ3v) is 5.11. The van der Waals surface area contributed by atoms with Crippen LogP contribution in [0.15, 0.2) is 67.0 Å². The molecule has 0 amide bonds. The van der Waals surface area contributed by atoms with Crippen LogP contribution in [0.25, 0.3) is 17.4 Å². The van der Waals surface area contributed by atoms with E-state index in [4.69, 9.17) is 9.47 Å². The van der Waals surface area contributed by atoms with Gasteiger partial charge in [0.15, 0.2) is 12.4 Å². The van der Waals surface area contributed by atoms with Crippen molar-refractivity contribution < 1.29 is 14.0 Å². The van der Waals surface area contributed by atoms with Gasteiger partial charge in [0, 0.05) is 23.3 Å². The summed E-state index contributed by atoms with van der Waals surface area (Å²) in [6, 6.07) is 16.5. The number of rotatable bonds is 3. The van der Waals surface area contributed by atoms with E-state index in [2.05, 4.69) is 62.7 Å². The Morgan fingerprint density at radius 2 is 1.61 bits per heavy atom. The zero-order chi connectivity index (χ0) is 19.7. The highest BCUT2D eigenvalue weighted by Gasteiger charge is 2.19. The number of hydrogen-bond donors (Lipinski definition) is 0. The average Bonchev–Trinajstić information content (AvgIpc) is 2.71. The van der Waals surface area contributed by atoms with Crippen LogP contribution in [0.4, 0.5) is 0 Å². The molecule has 0 saturated heterocycles. The first kappa shape index (κ1) is 18.1. The molecule has 28 heavy (non-hydrogen) atoms. The maximum atomic E-state index is 6.29. The van der Waals surface area contributed by atoms with Crippen LogP contribution in [0.5, 0.6) is 11.5 Å². The maximum absolute atomic E-state index is 6.29. The number of aryl methyl sites for hydroxylation is 3. The second kappa shape index (κ2) is 7.35. The molecule has 0 radical (unpaired) electrons. The van der Waals surface area contributed by atoms with Crippen LogP contribution in [0.3, 0.4) is 0 Å². The predicted molar refractivity (Wildman–Crippen MR) is 113 cm³/mol. The second-order valence-electron chi connectivity index (χ2n) is 7.17. The monoisotopic (exact) mass is 370 g/mol. The van der Waals surface area contributed by atoms with E-state index in [0.717, 1.165) is 39.5 Å². The van der Waals surface area contributed by atoms with Crippen LogP contribution in [-0.4, -0.2) is 7.11 Å². The lowest BCUT2D eigenvalue weighted by Crippen LogP contribution is -2.25. The summed E-state index contributed by atoms with van der Waals surface area (Å²) in [5.74, 6) is 2.57. The van der Waals surface area contributed by atoms with Crippen LogP contribution in [0.1, 0.15) is 27.8 Å². The highest BCUT2D eigenvalue weighted by molar-refractivity contribution is 5.96. The van der Waals surface area contributed by atoms with Gasteiger partial charge in [-0.05, 0) is 84.7 Å². The van der Waals surface area contributed by atoms with E-state index in [1.54, 1.807) is 7.11 Å². The highest BCUT2D eigenvalue weighted by atomic mass is 16.5. The zero-order valence-electron chi connectivity index (χ0n) is 16.7. The third-order valence-electron chi connectivity index (χ3n) is 5.11. The van der Waals surface area contributed by atoms with Crippen molar-refractivity contribution >= 4 is 17.4 Å². The summed E-state index contributed by atoms with van der Waals surface area (Å²) in [4.78, 5) is 0. The Balaban J connectivity index is 1.83. The van der Waals surface area contributed by atoms with Crippen molar-refractivity contribution in [2.75, 3.05) is 7.11 Å². The summed E-state index contributed by atoms with van der Waals surface area (Å²) in [5.41, 5.74) is 6.92. The van der Waals surface area contributed by atoms with Gasteiger partial charge in [0.25, 0.3) is 0 Å². The number of methoxy groups -OCH3 is 1. The van der Waals surface area contributed by atoms with E-state index in [0.29, 0.717) is 0 Å². The van der Waals surface area contributed by atoms with Crippen molar-refractivity contribution in [1.82, 2.24) is 0 Å². The van der Waals surface area contributed by atoms with E-state index in [-0.39, 0.29) is 0 Å². The van der Waals surface area contributed by atoms with Crippen molar-refractivity contribution in [1.29, 1.82) is 0 Å². The molecule has 0 saturated carbocycles. The lowest BCUT2D eigenvalue weighted by molar-refractivity contribution is -0.671. The number of ether oxygens (including phenoxy) is 2. The summed E-state index contributed by atoms with van der Waals surface area (Å²) in [5, 5.41) is 0. The van der Waals surface area contributed by atoms with E-state index < -0.39 is 0 Å². The van der Waals surface area contributed by atoms with E-state index in [1.165, 1.54) is 11.1 Å². The number of allylic oxidation sites excluding steroid dienone is 2. The Labute approximate surface area is 166 Å². The van der Waals surface area contributed by atoms with Crippen molar-refractivity contribution in [3.63, 3.8) is 0 Å². The van der Waals surface area contributed by atoms with Crippen molar-refractivity contribution in [3.05, 3.63) is 94.8 Å². The molecule has 3 heteroatoms. The normalized spacial score (nSPS) is 14.3. The number of aromatic nitrogens is 1. The minimum absolute atomic E-state index is 0.833. The fourth-order valence-corrected chi connectivity index (χ4v) is 3.27. The van der Waals surface area contributed by atoms with Gasteiger partial charge in [-0.25, -0.2) is 4.57 Å². The predicted octanol–water partition coefficient (Wildman–Crippen LogP) is 5.11. The standard InChI is InChI=1S/C25H24NO2/c1-17-13-23-21(15-19-9-11-26(3)12-10-19)16-24(28-25(23)14-18(17)2)20-5-7-22(27-4)8-6-20/h5-16H,1-4H3/q+1/b21-15+. The fourth-order valence-electron chi connectivity index (χ4n) is 3.27. The van der Waals surface area contributed by atoms with Crippen molar-refractivity contribution in [3.8, 4) is 11.5 Å². The van der Waals surface area contributed by atoms with Crippen LogP contribution in [-0.2, 0) is 7.05 Å². The number of fused-ring (bicyclic) bond motifs is 1. The molecule has 0 aliphatic carbocycles. The van der Waals surface area contributed by atoms with Gasteiger partial charge in [-0.15, -0.1) is 0 Å². The van der Waals surface area contributed by atoms with Crippen LogP contribution >= 0.6 is 0 Å². The van der Waals surface area contributed by atoms with Gasteiger partial charge < -0.3 is 9.47 Å². The highest BCUT2D eigenvalue weighted by Crippen LogP contribution is 2.39. The van der Waals surface area contributed by atoms with Gasteiger partial charge >= 0.3 is 0 Å². The number of nitrogens with zero attached hydrogens (tertiary/aromatic N) is 1. The molecule has 2 aromatic carbocycles. The zero-order valence-corrected chi connectivity index (χ0v) is 16.7. The number of pyridine rings is 1. The van der Waals surface area contributed by atoms with Gasteiger partial charge in [0.2, 0.25) is 0 Å². The summed E-state index contributed by atoms with van der Waals surface area (Å²) >= 11 is 0. The summed E-state index contributed by atoms with van der Waals surface area (Å²) in [6.07, 6.45) is 8.44. The molecule has 3 aromatic rings. The summed E-state index contributed by atoms with van der Waals surface area (Å²) in [6.45, 7) is 4.25. The Kier molecular flexibility index (Phi) is 4.74. The minimum Gasteiger partial charge on any atom is -0.497 e. The third kappa shape index (κ3) is 3.56. The SMILES string of the molecule is COc1ccc(C2=C/C(=C\c3cc[n+](C)cc3)c3cc(C)c(C)cc3O2)cc1. The maximum Gasteiger partial charge on any atom is 0.169 e. The van der Waals surface area contributed by atoms with Gasteiger partial charge in [-0.3, -0.25) is 0 Å². The Bertz CT molecular complexity index is 1070. The molecular formula is C25H24NO2+. The molecule has 1 aromatic heterocycles. The molecular weight excluding hydrogens is 346 g/mol. The molecule has 1 aliphatic heterocycles. The average molecular weight is 370 g/mol. The molecule has 0 spiro atoms. The van der Waals surface area contributed by atoms with Crippen molar-refractivity contribution in [2.45, 2.75) is 13.8 Å². The smallest absolute Gasteiger partial charge is 0.169 e. The van der Waals surface area contributed by atoms with E-state index in [9.17, 15) is 0 Å². The molecule has 3 nitrogen and oxygen atoms in total. The summed E-state index contributed by atoms with van der Waals surface area (Å²) in [7, 11) is 3.70. The van der Waals surface area contributed by atoms with E-state index >= 15 is 0 Å². The fraction of sp³-hybridized carbons (Fsp3) is 0.160. The van der Waals surface area contributed by atoms with E-state index in [1.807, 2.05) is 35.9 Å². The van der Waals surface area contributed by atoms with Gasteiger partial charge in [-0.1, -0.05) is 0 Å². The largest absolute Gasteiger partial charge is 0.497 e. The first-order valence-corrected chi connectivity index (χ1v) is 9.36. The molecule has 0 atom stereocenters. The lowest BCUT2D eigenvalue weighted by atomic mass is 9.94. The van der Waals surface area contributed by atoms with Crippen LogP contribution < -0.4 is 14.0 Å². The molecule has 4 rings (SSSR count). The first-order chi connectivity index (χ1) is 13.5. The van der Waals surface area contributed by atoms with Gasteiger partial charge in [-0.2, -0.15) is 0 Å². The van der Waals surface area contributed by atoms with Gasteiger partial charge in [0.05, 0.1) is 7.11 Å². The second-order valence-corrected chi connectivity index (χ2v) is 7.17. The number of benzene rings is 2. The first-order valence-electron chi connectivity index (χ1n) is 9.36. The Morgan fingerprint density at radius 3 is 2.29 bits per heavy atom.